The molecule has 0 bridgehead atoms. The van der Waals surface area contributed by atoms with Crippen LogP contribution in [0, 0.1) is 11.3 Å². The molecule has 2 fully saturated rings. The van der Waals surface area contributed by atoms with Crippen LogP contribution in [0.3, 0.4) is 0 Å². The Bertz CT molecular complexity index is 1380. The van der Waals surface area contributed by atoms with E-state index in [-0.39, 0.29) is 11.6 Å². The normalized spacial score (nSPS) is 24.6. The van der Waals surface area contributed by atoms with Gasteiger partial charge in [0, 0.05) is 6.61 Å². The van der Waals surface area contributed by atoms with Gasteiger partial charge in [0.05, 0.1) is 24.8 Å². The lowest BCUT2D eigenvalue weighted by atomic mass is 9.99. The van der Waals surface area contributed by atoms with E-state index in [9.17, 15) is 5.26 Å². The van der Waals surface area contributed by atoms with E-state index in [2.05, 4.69) is 82.3 Å². The van der Waals surface area contributed by atoms with Crippen LogP contribution in [-0.2, 0) is 34.7 Å². The first-order chi connectivity index (χ1) is 21.6. The molecule has 0 aromatic heterocycles. The number of hydrogen-bond acceptors (Lipinski definition) is 7. The highest BCUT2D eigenvalue weighted by Gasteiger charge is 2.58. The highest BCUT2D eigenvalue weighted by molar-refractivity contribution is 6.99. The summed E-state index contributed by atoms with van der Waals surface area (Å²) in [6.07, 6.45) is -0.738. The molecule has 8 heteroatoms. The number of rotatable bonds is 12. The number of unbranched alkanes of at least 4 members (excludes halogenated alkanes) is 1. The monoisotopic (exact) mass is 629 g/mol. The highest BCUT2D eigenvalue weighted by Crippen LogP contribution is 2.41. The topological polar surface area (TPSA) is 79.2 Å². The standard InChI is InChI=1S/C37H47NO6Si/c1-7-8-23-39-35-34(40-25-28-18-16-15-17-27(28)24-38)33-32(43-37(5,6)44-33)31(42-35)26-41-45(36(2,3)4,29-19-11-9-12-20-29)30-21-13-10-14-22-30/h9-22,31-35H,7-8,23,25-26H2,1-6H3/t31-,32+,33+,34-,35-/m1/s1. The lowest BCUT2D eigenvalue weighted by Crippen LogP contribution is -2.68. The van der Waals surface area contributed by atoms with Crippen molar-refractivity contribution in [3.63, 3.8) is 0 Å². The molecule has 0 aliphatic carbocycles. The Morgan fingerprint density at radius 1 is 0.844 bits per heavy atom. The van der Waals surface area contributed by atoms with Crippen LogP contribution in [0.5, 0.6) is 0 Å². The van der Waals surface area contributed by atoms with Gasteiger partial charge in [-0.15, -0.1) is 0 Å². The molecule has 0 N–H and O–H groups in total. The quantitative estimate of drug-likeness (QED) is 0.177. The molecule has 3 aromatic rings. The maximum atomic E-state index is 9.64. The number of nitriles is 1. The molecule has 5 atom stereocenters. The van der Waals surface area contributed by atoms with E-state index in [1.165, 1.54) is 10.4 Å². The summed E-state index contributed by atoms with van der Waals surface area (Å²) >= 11 is 0. The fourth-order valence-corrected chi connectivity index (χ4v) is 11.1. The van der Waals surface area contributed by atoms with Crippen molar-refractivity contribution < 1.29 is 28.1 Å². The SMILES string of the molecule is CCCCO[C@@H]1O[C@H](CO[Si](c2ccccc2)(c2ccccc2)C(C)(C)C)[C@@H]2OC(C)(C)O[C@@H]2[C@H]1OCc1ccccc1C#N. The van der Waals surface area contributed by atoms with Gasteiger partial charge in [-0.25, -0.2) is 0 Å². The Kier molecular flexibility index (Phi) is 10.6. The molecular formula is C37H47NO6Si. The Balaban J connectivity index is 1.47. The summed E-state index contributed by atoms with van der Waals surface area (Å²) in [5.74, 6) is -0.848. The molecule has 0 spiro atoms. The fraction of sp³-hybridized carbons (Fsp3) is 0.486. The molecule has 45 heavy (non-hydrogen) atoms. The van der Waals surface area contributed by atoms with E-state index in [1.807, 2.05) is 44.2 Å². The van der Waals surface area contributed by atoms with Gasteiger partial charge in [-0.05, 0) is 47.3 Å². The van der Waals surface area contributed by atoms with Gasteiger partial charge in [0.1, 0.15) is 24.4 Å². The molecule has 240 valence electrons. The van der Waals surface area contributed by atoms with E-state index in [1.54, 1.807) is 6.07 Å². The van der Waals surface area contributed by atoms with Crippen molar-refractivity contribution in [2.24, 2.45) is 0 Å². The summed E-state index contributed by atoms with van der Waals surface area (Å²) < 4.78 is 40.0. The zero-order valence-electron chi connectivity index (χ0n) is 27.4. The Labute approximate surface area is 269 Å². The summed E-state index contributed by atoms with van der Waals surface area (Å²) in [5, 5.41) is 11.9. The third-order valence-corrected chi connectivity index (χ3v) is 13.7. The Morgan fingerprint density at radius 2 is 1.44 bits per heavy atom. The van der Waals surface area contributed by atoms with Crippen LogP contribution in [0.2, 0.25) is 5.04 Å². The first kappa shape index (κ1) is 33.5. The average molecular weight is 630 g/mol. The molecule has 2 aliphatic heterocycles. The summed E-state index contributed by atoms with van der Waals surface area (Å²) in [4.78, 5) is 0. The van der Waals surface area contributed by atoms with Crippen molar-refractivity contribution in [1.82, 2.24) is 0 Å². The Morgan fingerprint density at radius 3 is 2.04 bits per heavy atom. The van der Waals surface area contributed by atoms with Gasteiger partial charge in [-0.3, -0.25) is 0 Å². The molecule has 3 aromatic carbocycles. The van der Waals surface area contributed by atoms with Crippen molar-refractivity contribution in [3.05, 3.63) is 96.1 Å². The third-order valence-electron chi connectivity index (χ3n) is 8.66. The maximum Gasteiger partial charge on any atom is 0.261 e. The zero-order chi connectivity index (χ0) is 32.1. The van der Waals surface area contributed by atoms with Gasteiger partial charge >= 0.3 is 0 Å². The molecule has 0 saturated carbocycles. The van der Waals surface area contributed by atoms with Crippen molar-refractivity contribution in [2.75, 3.05) is 13.2 Å². The minimum Gasteiger partial charge on any atom is -0.405 e. The number of fused-ring (bicyclic) bond motifs is 1. The van der Waals surface area contributed by atoms with E-state index < -0.39 is 44.8 Å². The summed E-state index contributed by atoms with van der Waals surface area (Å²) in [5.41, 5.74) is 1.38. The molecule has 2 saturated heterocycles. The second-order valence-corrected chi connectivity index (χ2v) is 17.7. The number of benzene rings is 3. The van der Waals surface area contributed by atoms with Crippen molar-refractivity contribution in [2.45, 2.75) is 103 Å². The molecule has 5 rings (SSSR count). The lowest BCUT2D eigenvalue weighted by Gasteiger charge is -2.46. The molecule has 0 radical (unpaired) electrons. The zero-order valence-corrected chi connectivity index (χ0v) is 28.4. The second-order valence-electron chi connectivity index (χ2n) is 13.4. The first-order valence-corrected chi connectivity index (χ1v) is 18.0. The molecular weight excluding hydrogens is 582 g/mol. The van der Waals surface area contributed by atoms with Crippen LogP contribution in [0.4, 0.5) is 0 Å². The predicted octanol–water partition coefficient (Wildman–Crippen LogP) is 6.08. The summed E-state index contributed by atoms with van der Waals surface area (Å²) in [7, 11) is -2.83. The first-order valence-electron chi connectivity index (χ1n) is 16.1. The van der Waals surface area contributed by atoms with Gasteiger partial charge in [0.25, 0.3) is 8.32 Å². The van der Waals surface area contributed by atoms with E-state index in [0.29, 0.717) is 18.8 Å². The smallest absolute Gasteiger partial charge is 0.261 e. The van der Waals surface area contributed by atoms with Gasteiger partial charge in [0.2, 0.25) is 0 Å². The van der Waals surface area contributed by atoms with Gasteiger partial charge in [-0.1, -0.05) is 113 Å². The number of ether oxygens (including phenoxy) is 5. The van der Waals surface area contributed by atoms with Crippen LogP contribution in [0.25, 0.3) is 0 Å². The van der Waals surface area contributed by atoms with Crippen molar-refractivity contribution in [1.29, 1.82) is 5.26 Å². The lowest BCUT2D eigenvalue weighted by molar-refractivity contribution is -0.293. The maximum absolute atomic E-state index is 9.64. The molecule has 7 nitrogen and oxygen atoms in total. The van der Waals surface area contributed by atoms with Crippen LogP contribution >= 0.6 is 0 Å². The summed E-state index contributed by atoms with van der Waals surface area (Å²) in [6.45, 7) is 13.8. The van der Waals surface area contributed by atoms with Crippen molar-refractivity contribution in [3.8, 4) is 6.07 Å². The van der Waals surface area contributed by atoms with E-state index in [0.717, 1.165) is 18.4 Å². The predicted molar refractivity (Wildman–Crippen MR) is 177 cm³/mol. The average Bonchev–Trinajstić information content (AvgIpc) is 3.36. The van der Waals surface area contributed by atoms with E-state index in [4.69, 9.17) is 28.1 Å². The molecule has 2 aliphatic rings. The van der Waals surface area contributed by atoms with Crippen LogP contribution < -0.4 is 10.4 Å². The molecule has 0 amide bonds. The fourth-order valence-electron chi connectivity index (χ4n) is 6.54. The van der Waals surface area contributed by atoms with Crippen LogP contribution in [0.15, 0.2) is 84.9 Å². The van der Waals surface area contributed by atoms with Gasteiger partial charge in [0.15, 0.2) is 12.1 Å². The van der Waals surface area contributed by atoms with Crippen LogP contribution in [-0.4, -0.2) is 58.0 Å². The number of hydrogen-bond donors (Lipinski definition) is 0. The second kappa shape index (κ2) is 14.3. The minimum atomic E-state index is -2.83. The number of nitrogens with zero attached hydrogens (tertiary/aromatic N) is 1. The minimum absolute atomic E-state index is 0.188. The van der Waals surface area contributed by atoms with Crippen molar-refractivity contribution >= 4 is 18.7 Å². The Hall–Kier alpha value is -2.87. The highest BCUT2D eigenvalue weighted by atomic mass is 28.4. The van der Waals surface area contributed by atoms with Crippen LogP contribution in [0.1, 0.15) is 65.5 Å². The largest absolute Gasteiger partial charge is 0.405 e. The summed E-state index contributed by atoms with van der Waals surface area (Å²) in [6, 6.07) is 30.9. The van der Waals surface area contributed by atoms with Gasteiger partial charge in [-0.2, -0.15) is 5.26 Å². The molecule has 2 heterocycles. The van der Waals surface area contributed by atoms with Gasteiger partial charge < -0.3 is 28.1 Å². The van der Waals surface area contributed by atoms with E-state index >= 15 is 0 Å². The molecule has 0 unspecified atom stereocenters. The third kappa shape index (κ3) is 7.26.